The lowest BCUT2D eigenvalue weighted by Crippen LogP contribution is -2.19. The van der Waals surface area contributed by atoms with E-state index < -0.39 is 0 Å². The lowest BCUT2D eigenvalue weighted by molar-refractivity contribution is 0.00218. The largest absolute Gasteiger partial charge is 0.396 e. The Morgan fingerprint density at radius 1 is 1.44 bits per heavy atom. The maximum absolute atomic E-state index is 8.54. The molecule has 1 aliphatic heterocycles. The van der Waals surface area contributed by atoms with Gasteiger partial charge in [0.05, 0.1) is 6.10 Å². The third-order valence-corrected chi connectivity index (χ3v) is 1.73. The fraction of sp³-hybridized carbons (Fsp3) is 1.00. The summed E-state index contributed by atoms with van der Waals surface area (Å²) in [5.74, 6) is 0. The highest BCUT2D eigenvalue weighted by molar-refractivity contribution is 4.62. The van der Waals surface area contributed by atoms with Crippen molar-refractivity contribution in [2.45, 2.75) is 31.8 Å². The molecule has 0 radical (unpaired) electrons. The third kappa shape index (κ3) is 2.33. The van der Waals surface area contributed by atoms with Crippen molar-refractivity contribution in [3.05, 3.63) is 0 Å². The monoisotopic (exact) mass is 130 g/mol. The zero-order valence-electron chi connectivity index (χ0n) is 5.68. The molecule has 0 aliphatic carbocycles. The lowest BCUT2D eigenvalue weighted by Gasteiger charge is -2.21. The van der Waals surface area contributed by atoms with Crippen molar-refractivity contribution >= 4 is 0 Å². The van der Waals surface area contributed by atoms with Gasteiger partial charge in [0.25, 0.3) is 0 Å². The molecular weight excluding hydrogens is 116 g/mol. The molecule has 0 unspecified atom stereocenters. The fourth-order valence-corrected chi connectivity index (χ4v) is 1.18. The molecule has 0 spiro atoms. The SMILES string of the molecule is OCC[C@H]1CCCCO1. The molecule has 0 aromatic heterocycles. The van der Waals surface area contributed by atoms with Gasteiger partial charge in [-0.1, -0.05) is 0 Å². The molecule has 0 amide bonds. The van der Waals surface area contributed by atoms with E-state index in [1.165, 1.54) is 12.8 Å². The van der Waals surface area contributed by atoms with Crippen molar-refractivity contribution in [2.75, 3.05) is 13.2 Å². The molecule has 1 fully saturated rings. The Hall–Kier alpha value is -0.0800. The van der Waals surface area contributed by atoms with Crippen LogP contribution in [0.3, 0.4) is 0 Å². The molecule has 1 aliphatic rings. The Bertz CT molecular complexity index is 64.6. The molecule has 0 bridgehead atoms. The summed E-state index contributed by atoms with van der Waals surface area (Å²) in [6.45, 7) is 1.16. The van der Waals surface area contributed by atoms with Crippen LogP contribution in [-0.4, -0.2) is 24.4 Å². The van der Waals surface area contributed by atoms with Crippen molar-refractivity contribution < 1.29 is 9.84 Å². The molecule has 0 saturated carbocycles. The van der Waals surface area contributed by atoms with Gasteiger partial charge in [-0.25, -0.2) is 0 Å². The standard InChI is InChI=1S/C7H14O2/c8-5-4-7-3-1-2-6-9-7/h7-8H,1-6H2/t7-/m1/s1. The molecule has 54 valence electrons. The summed E-state index contributed by atoms with van der Waals surface area (Å²) in [7, 11) is 0. The summed E-state index contributed by atoms with van der Waals surface area (Å²) in [6.07, 6.45) is 4.77. The van der Waals surface area contributed by atoms with E-state index in [0.717, 1.165) is 19.4 Å². The number of aliphatic hydroxyl groups is 1. The van der Waals surface area contributed by atoms with Crippen molar-refractivity contribution in [1.29, 1.82) is 0 Å². The van der Waals surface area contributed by atoms with Crippen LogP contribution in [0.1, 0.15) is 25.7 Å². The van der Waals surface area contributed by atoms with Gasteiger partial charge < -0.3 is 9.84 Å². The van der Waals surface area contributed by atoms with Crippen LogP contribution < -0.4 is 0 Å². The minimum atomic E-state index is 0.269. The second-order valence-electron chi connectivity index (χ2n) is 2.50. The molecule has 1 N–H and O–H groups in total. The van der Waals surface area contributed by atoms with Gasteiger partial charge in [-0.05, 0) is 25.7 Å². The molecule has 0 aromatic carbocycles. The Kier molecular flexibility index (Phi) is 3.01. The van der Waals surface area contributed by atoms with Gasteiger partial charge in [-0.15, -0.1) is 0 Å². The van der Waals surface area contributed by atoms with E-state index in [1.54, 1.807) is 0 Å². The van der Waals surface area contributed by atoms with Crippen LogP contribution in [0.15, 0.2) is 0 Å². The zero-order valence-corrected chi connectivity index (χ0v) is 5.68. The molecule has 1 heterocycles. The van der Waals surface area contributed by atoms with Crippen molar-refractivity contribution in [2.24, 2.45) is 0 Å². The van der Waals surface area contributed by atoms with Crippen LogP contribution in [0.4, 0.5) is 0 Å². The first-order valence-electron chi connectivity index (χ1n) is 3.66. The van der Waals surface area contributed by atoms with E-state index in [9.17, 15) is 0 Å². The number of hydrogen-bond donors (Lipinski definition) is 1. The lowest BCUT2D eigenvalue weighted by atomic mass is 10.1. The van der Waals surface area contributed by atoms with Gasteiger partial charge >= 0.3 is 0 Å². The topological polar surface area (TPSA) is 29.5 Å². The zero-order chi connectivity index (χ0) is 6.53. The average molecular weight is 130 g/mol. The van der Waals surface area contributed by atoms with Crippen LogP contribution in [0.5, 0.6) is 0 Å². The van der Waals surface area contributed by atoms with E-state index in [-0.39, 0.29) is 6.61 Å². The number of aliphatic hydroxyl groups excluding tert-OH is 1. The van der Waals surface area contributed by atoms with E-state index >= 15 is 0 Å². The predicted molar refractivity (Wildman–Crippen MR) is 35.3 cm³/mol. The third-order valence-electron chi connectivity index (χ3n) is 1.73. The quantitative estimate of drug-likeness (QED) is 0.602. The summed E-state index contributed by atoms with van der Waals surface area (Å²) in [4.78, 5) is 0. The number of hydrogen-bond acceptors (Lipinski definition) is 2. The van der Waals surface area contributed by atoms with Crippen LogP contribution in [0.25, 0.3) is 0 Å². The molecule has 1 rings (SSSR count). The minimum Gasteiger partial charge on any atom is -0.396 e. The average Bonchev–Trinajstić information content (AvgIpc) is 1.91. The summed E-state index contributed by atoms with van der Waals surface area (Å²) in [6, 6.07) is 0. The summed E-state index contributed by atoms with van der Waals surface area (Å²) in [5.41, 5.74) is 0. The smallest absolute Gasteiger partial charge is 0.0597 e. The Labute approximate surface area is 55.8 Å². The molecule has 9 heavy (non-hydrogen) atoms. The van der Waals surface area contributed by atoms with Gasteiger partial charge in [-0.2, -0.15) is 0 Å². The highest BCUT2D eigenvalue weighted by Gasteiger charge is 2.11. The summed E-state index contributed by atoms with van der Waals surface area (Å²) >= 11 is 0. The molecule has 0 aromatic rings. The second kappa shape index (κ2) is 3.85. The van der Waals surface area contributed by atoms with Crippen LogP contribution in [0, 0.1) is 0 Å². The van der Waals surface area contributed by atoms with Crippen molar-refractivity contribution in [1.82, 2.24) is 0 Å². The maximum atomic E-state index is 8.54. The number of rotatable bonds is 2. The van der Waals surface area contributed by atoms with Crippen molar-refractivity contribution in [3.8, 4) is 0 Å². The summed E-state index contributed by atoms with van der Waals surface area (Å²) in [5, 5.41) is 8.54. The highest BCUT2D eigenvalue weighted by atomic mass is 16.5. The first kappa shape index (κ1) is 7.03. The van der Waals surface area contributed by atoms with E-state index in [0.29, 0.717) is 6.10 Å². The molecule has 2 heteroatoms. The van der Waals surface area contributed by atoms with Crippen LogP contribution in [0.2, 0.25) is 0 Å². The van der Waals surface area contributed by atoms with Crippen molar-refractivity contribution in [3.63, 3.8) is 0 Å². The molecule has 2 nitrogen and oxygen atoms in total. The second-order valence-corrected chi connectivity index (χ2v) is 2.50. The first-order chi connectivity index (χ1) is 4.43. The molecular formula is C7H14O2. The van der Waals surface area contributed by atoms with E-state index in [2.05, 4.69) is 0 Å². The fourth-order valence-electron chi connectivity index (χ4n) is 1.18. The minimum absolute atomic E-state index is 0.269. The van der Waals surface area contributed by atoms with Crippen LogP contribution in [-0.2, 0) is 4.74 Å². The first-order valence-corrected chi connectivity index (χ1v) is 3.66. The Balaban J connectivity index is 2.08. The van der Waals surface area contributed by atoms with Gasteiger partial charge in [0.2, 0.25) is 0 Å². The van der Waals surface area contributed by atoms with Gasteiger partial charge in [0.1, 0.15) is 0 Å². The normalized spacial score (nSPS) is 28.3. The van der Waals surface area contributed by atoms with E-state index in [1.807, 2.05) is 0 Å². The van der Waals surface area contributed by atoms with Gasteiger partial charge in [0.15, 0.2) is 0 Å². The number of ether oxygens (including phenoxy) is 1. The predicted octanol–water partition coefficient (Wildman–Crippen LogP) is 0.938. The highest BCUT2D eigenvalue weighted by Crippen LogP contribution is 2.14. The van der Waals surface area contributed by atoms with Gasteiger partial charge in [0, 0.05) is 13.2 Å². The summed E-state index contributed by atoms with van der Waals surface area (Å²) < 4.78 is 5.36. The molecule has 1 atom stereocenters. The van der Waals surface area contributed by atoms with E-state index in [4.69, 9.17) is 9.84 Å². The Morgan fingerprint density at radius 2 is 2.33 bits per heavy atom. The Morgan fingerprint density at radius 3 is 2.89 bits per heavy atom. The molecule has 1 saturated heterocycles. The maximum Gasteiger partial charge on any atom is 0.0597 e. The van der Waals surface area contributed by atoms with Gasteiger partial charge in [-0.3, -0.25) is 0 Å². The van der Waals surface area contributed by atoms with Crippen LogP contribution >= 0.6 is 0 Å².